The van der Waals surface area contributed by atoms with Gasteiger partial charge in [0.25, 0.3) is 0 Å². The monoisotopic (exact) mass is 435 g/mol. The number of sulfonamides is 1. The highest BCUT2D eigenvalue weighted by molar-refractivity contribution is 7.89. The molecule has 162 valence electrons. The number of carbonyl (C=O) groups excluding carboxylic acids is 2. The van der Waals surface area contributed by atoms with Crippen molar-refractivity contribution in [1.29, 1.82) is 0 Å². The third-order valence-electron chi connectivity index (χ3n) is 5.35. The fraction of sp³-hybridized carbons (Fsp3) is 0.364. The smallest absolute Gasteiger partial charge is 0.307 e. The summed E-state index contributed by atoms with van der Waals surface area (Å²) in [7, 11) is -3.82. The molecular formula is C22H26FNO5S. The van der Waals surface area contributed by atoms with Crippen molar-refractivity contribution in [3.05, 3.63) is 63.5 Å². The van der Waals surface area contributed by atoms with Crippen LogP contribution in [0.5, 0.6) is 0 Å². The Bertz CT molecular complexity index is 1050. The number of ketones is 1. The van der Waals surface area contributed by atoms with Crippen molar-refractivity contribution in [2.45, 2.75) is 45.9 Å². The normalized spacial score (nSPS) is 11.4. The zero-order chi connectivity index (χ0) is 22.6. The average molecular weight is 436 g/mol. The van der Waals surface area contributed by atoms with Crippen LogP contribution in [0.4, 0.5) is 4.39 Å². The van der Waals surface area contributed by atoms with E-state index in [0.29, 0.717) is 11.1 Å². The molecule has 0 aromatic heterocycles. The summed E-state index contributed by atoms with van der Waals surface area (Å²) in [6.45, 7) is 8.59. The van der Waals surface area contributed by atoms with Crippen molar-refractivity contribution in [3.63, 3.8) is 0 Å². The quantitative estimate of drug-likeness (QED) is 0.507. The molecule has 2 aromatic rings. The molecule has 0 amide bonds. The van der Waals surface area contributed by atoms with Gasteiger partial charge in [-0.25, -0.2) is 17.5 Å². The van der Waals surface area contributed by atoms with E-state index in [1.165, 1.54) is 12.1 Å². The second-order valence-electron chi connectivity index (χ2n) is 7.19. The maximum absolute atomic E-state index is 12.9. The third-order valence-corrected chi connectivity index (χ3v) is 7.09. The topological polar surface area (TPSA) is 89.5 Å². The number of ether oxygens (including phenoxy) is 1. The average Bonchev–Trinajstić information content (AvgIpc) is 2.69. The van der Waals surface area contributed by atoms with Crippen LogP contribution in [-0.2, 0) is 19.6 Å². The molecule has 2 aromatic carbocycles. The molecule has 6 nitrogen and oxygen atoms in total. The van der Waals surface area contributed by atoms with E-state index in [4.69, 9.17) is 4.74 Å². The predicted octanol–water partition coefficient (Wildman–Crippen LogP) is 3.46. The second-order valence-corrected chi connectivity index (χ2v) is 8.90. The standard InChI is InChI=1S/C22H26FNO5S/c1-13-14(2)16(4)22(17(5)15(13)3)30(27,28)24-11-10-21(26)29-12-20(25)18-6-8-19(23)9-7-18/h6-9,24H,10-12H2,1-5H3. The van der Waals surface area contributed by atoms with Crippen LogP contribution in [0, 0.1) is 40.4 Å². The maximum atomic E-state index is 12.9. The SMILES string of the molecule is Cc1c(C)c(C)c(S(=O)(=O)NCCC(=O)OCC(=O)c2ccc(F)cc2)c(C)c1C. The minimum absolute atomic E-state index is 0.156. The van der Waals surface area contributed by atoms with Crippen molar-refractivity contribution in [2.75, 3.05) is 13.2 Å². The summed E-state index contributed by atoms with van der Waals surface area (Å²) >= 11 is 0. The summed E-state index contributed by atoms with van der Waals surface area (Å²) in [5.41, 5.74) is 4.46. The fourth-order valence-electron chi connectivity index (χ4n) is 3.17. The Balaban J connectivity index is 1.95. The number of nitrogens with one attached hydrogen (secondary N) is 1. The van der Waals surface area contributed by atoms with E-state index in [1.54, 1.807) is 13.8 Å². The molecule has 1 N–H and O–H groups in total. The van der Waals surface area contributed by atoms with E-state index in [1.807, 2.05) is 20.8 Å². The van der Waals surface area contributed by atoms with Crippen LogP contribution in [0.2, 0.25) is 0 Å². The molecule has 0 aliphatic rings. The van der Waals surface area contributed by atoms with Crippen LogP contribution in [0.25, 0.3) is 0 Å². The third kappa shape index (κ3) is 5.31. The lowest BCUT2D eigenvalue weighted by molar-refractivity contribution is -0.142. The molecule has 0 unspecified atom stereocenters. The van der Waals surface area contributed by atoms with Crippen molar-refractivity contribution in [3.8, 4) is 0 Å². The maximum Gasteiger partial charge on any atom is 0.307 e. The Morgan fingerprint density at radius 2 is 1.40 bits per heavy atom. The molecule has 0 saturated heterocycles. The van der Waals surface area contributed by atoms with Crippen LogP contribution in [0.15, 0.2) is 29.2 Å². The molecule has 2 rings (SSSR count). The van der Waals surface area contributed by atoms with Gasteiger partial charge in [0.15, 0.2) is 12.4 Å². The van der Waals surface area contributed by atoms with E-state index < -0.39 is 34.2 Å². The van der Waals surface area contributed by atoms with Crippen molar-refractivity contribution >= 4 is 21.8 Å². The summed E-state index contributed by atoms with van der Waals surface area (Å²) < 4.78 is 45.8. The molecule has 0 bridgehead atoms. The molecule has 0 saturated carbocycles. The van der Waals surface area contributed by atoms with E-state index in [0.717, 1.165) is 28.8 Å². The lowest BCUT2D eigenvalue weighted by atomic mass is 9.95. The summed E-state index contributed by atoms with van der Waals surface area (Å²) in [5, 5.41) is 0. The van der Waals surface area contributed by atoms with Crippen LogP contribution in [0.3, 0.4) is 0 Å². The van der Waals surface area contributed by atoms with Gasteiger partial charge in [0.2, 0.25) is 10.0 Å². The molecule has 0 fully saturated rings. The highest BCUT2D eigenvalue weighted by atomic mass is 32.2. The van der Waals surface area contributed by atoms with Gasteiger partial charge in [-0.05, 0) is 86.7 Å². The molecule has 0 aliphatic carbocycles. The molecule has 0 heterocycles. The lowest BCUT2D eigenvalue weighted by Gasteiger charge is -2.19. The van der Waals surface area contributed by atoms with Crippen LogP contribution < -0.4 is 4.72 Å². The second kappa shape index (κ2) is 9.49. The van der Waals surface area contributed by atoms with Crippen LogP contribution >= 0.6 is 0 Å². The van der Waals surface area contributed by atoms with E-state index in [9.17, 15) is 22.4 Å². The van der Waals surface area contributed by atoms with Gasteiger partial charge in [-0.15, -0.1) is 0 Å². The first kappa shape index (κ1) is 23.7. The number of hydrogen-bond acceptors (Lipinski definition) is 5. The molecular weight excluding hydrogens is 409 g/mol. The summed E-state index contributed by atoms with van der Waals surface area (Å²) in [6, 6.07) is 4.89. The van der Waals surface area contributed by atoms with Gasteiger partial charge in [0.05, 0.1) is 11.3 Å². The Morgan fingerprint density at radius 1 is 0.900 bits per heavy atom. The number of carbonyl (C=O) groups is 2. The van der Waals surface area contributed by atoms with Gasteiger partial charge in [-0.2, -0.15) is 0 Å². The largest absolute Gasteiger partial charge is 0.457 e. The zero-order valence-corrected chi connectivity index (χ0v) is 18.6. The number of rotatable bonds is 8. The van der Waals surface area contributed by atoms with Crippen molar-refractivity contribution in [2.24, 2.45) is 0 Å². The highest BCUT2D eigenvalue weighted by Crippen LogP contribution is 2.29. The lowest BCUT2D eigenvalue weighted by Crippen LogP contribution is -2.29. The zero-order valence-electron chi connectivity index (χ0n) is 17.8. The van der Waals surface area contributed by atoms with Gasteiger partial charge >= 0.3 is 5.97 Å². The number of Topliss-reactive ketones (excluding diaryl/α,β-unsaturated/α-hetero) is 1. The number of esters is 1. The Hall–Kier alpha value is -2.58. The molecule has 0 atom stereocenters. The number of halogens is 1. The molecule has 0 radical (unpaired) electrons. The fourth-order valence-corrected chi connectivity index (χ4v) is 4.79. The molecule has 30 heavy (non-hydrogen) atoms. The first-order valence-electron chi connectivity index (χ1n) is 9.46. The Labute approximate surface area is 176 Å². The summed E-state index contributed by atoms with van der Waals surface area (Å²) in [6.07, 6.45) is -0.224. The van der Waals surface area contributed by atoms with Crippen molar-refractivity contribution in [1.82, 2.24) is 4.72 Å². The molecule has 0 aliphatic heterocycles. The minimum atomic E-state index is -3.82. The minimum Gasteiger partial charge on any atom is -0.457 e. The van der Waals surface area contributed by atoms with Crippen molar-refractivity contribution < 1.29 is 27.1 Å². The van der Waals surface area contributed by atoms with Crippen LogP contribution in [-0.4, -0.2) is 33.3 Å². The van der Waals surface area contributed by atoms with Gasteiger partial charge in [-0.1, -0.05) is 0 Å². The van der Waals surface area contributed by atoms with Gasteiger partial charge in [-0.3, -0.25) is 9.59 Å². The Morgan fingerprint density at radius 3 is 1.93 bits per heavy atom. The van der Waals surface area contributed by atoms with E-state index in [2.05, 4.69) is 4.72 Å². The van der Waals surface area contributed by atoms with E-state index >= 15 is 0 Å². The predicted molar refractivity (Wildman–Crippen MR) is 112 cm³/mol. The Kier molecular flexibility index (Phi) is 7.49. The highest BCUT2D eigenvalue weighted by Gasteiger charge is 2.23. The van der Waals surface area contributed by atoms with Gasteiger partial charge in [0, 0.05) is 12.1 Å². The molecule has 0 spiro atoms. The number of benzene rings is 2. The summed E-state index contributed by atoms with van der Waals surface area (Å²) in [5.74, 6) is -1.65. The first-order chi connectivity index (χ1) is 14.0. The first-order valence-corrected chi connectivity index (χ1v) is 10.9. The molecule has 8 heteroatoms. The van der Waals surface area contributed by atoms with E-state index in [-0.39, 0.29) is 23.4 Å². The van der Waals surface area contributed by atoms with Crippen LogP contribution in [0.1, 0.15) is 44.6 Å². The summed E-state index contributed by atoms with van der Waals surface area (Å²) in [4.78, 5) is 24.0. The number of hydrogen-bond donors (Lipinski definition) is 1. The van der Waals surface area contributed by atoms with Gasteiger partial charge < -0.3 is 4.74 Å². The van der Waals surface area contributed by atoms with Gasteiger partial charge in [0.1, 0.15) is 5.82 Å².